The second-order valence-corrected chi connectivity index (χ2v) is 4.16. The van der Waals surface area contributed by atoms with Gasteiger partial charge >= 0.3 is 0 Å². The zero-order valence-electron chi connectivity index (χ0n) is 9.80. The Morgan fingerprint density at radius 1 is 1.53 bits per heavy atom. The van der Waals surface area contributed by atoms with Crippen molar-refractivity contribution in [2.24, 2.45) is 5.73 Å². The van der Waals surface area contributed by atoms with E-state index in [0.717, 1.165) is 25.3 Å². The van der Waals surface area contributed by atoms with Gasteiger partial charge < -0.3 is 15.4 Å². The SMILES string of the molecule is N#Cc1cccc(N2CCOCC2CCN)c1. The Balaban J connectivity index is 2.20. The third-order valence-corrected chi connectivity index (χ3v) is 3.03. The molecule has 1 fully saturated rings. The van der Waals surface area contributed by atoms with E-state index in [4.69, 9.17) is 15.7 Å². The van der Waals surface area contributed by atoms with E-state index in [1.54, 1.807) is 0 Å². The Bertz CT molecular complexity index is 411. The molecule has 0 spiro atoms. The van der Waals surface area contributed by atoms with E-state index in [0.29, 0.717) is 24.8 Å². The monoisotopic (exact) mass is 231 g/mol. The highest BCUT2D eigenvalue weighted by Crippen LogP contribution is 2.22. The van der Waals surface area contributed by atoms with E-state index >= 15 is 0 Å². The number of hydrogen-bond acceptors (Lipinski definition) is 4. The smallest absolute Gasteiger partial charge is 0.0992 e. The Morgan fingerprint density at radius 2 is 2.41 bits per heavy atom. The lowest BCUT2D eigenvalue weighted by Gasteiger charge is -2.37. The lowest BCUT2D eigenvalue weighted by Crippen LogP contribution is -2.46. The van der Waals surface area contributed by atoms with Crippen LogP contribution in [0.25, 0.3) is 0 Å². The highest BCUT2D eigenvalue weighted by Gasteiger charge is 2.22. The van der Waals surface area contributed by atoms with E-state index in [1.807, 2.05) is 24.3 Å². The summed E-state index contributed by atoms with van der Waals surface area (Å²) in [5.74, 6) is 0. The quantitative estimate of drug-likeness (QED) is 0.846. The maximum Gasteiger partial charge on any atom is 0.0992 e. The summed E-state index contributed by atoms with van der Waals surface area (Å²) in [4.78, 5) is 2.29. The first-order valence-corrected chi connectivity index (χ1v) is 5.90. The third-order valence-electron chi connectivity index (χ3n) is 3.03. The fourth-order valence-electron chi connectivity index (χ4n) is 2.18. The van der Waals surface area contributed by atoms with E-state index in [9.17, 15) is 0 Å². The van der Waals surface area contributed by atoms with Crippen LogP contribution in [-0.4, -0.2) is 32.3 Å². The van der Waals surface area contributed by atoms with Gasteiger partial charge in [0.05, 0.1) is 30.9 Å². The van der Waals surface area contributed by atoms with Crippen molar-refractivity contribution in [1.29, 1.82) is 5.26 Å². The lowest BCUT2D eigenvalue weighted by molar-refractivity contribution is 0.0922. The van der Waals surface area contributed by atoms with E-state index in [-0.39, 0.29) is 0 Å². The summed E-state index contributed by atoms with van der Waals surface area (Å²) >= 11 is 0. The molecule has 1 heterocycles. The predicted molar refractivity (Wildman–Crippen MR) is 66.8 cm³/mol. The Labute approximate surface area is 102 Å². The van der Waals surface area contributed by atoms with Crippen LogP contribution in [0, 0.1) is 11.3 Å². The number of nitrogens with two attached hydrogens (primary N) is 1. The van der Waals surface area contributed by atoms with Crippen molar-refractivity contribution in [1.82, 2.24) is 0 Å². The average Bonchev–Trinajstić information content (AvgIpc) is 2.40. The van der Waals surface area contributed by atoms with E-state index < -0.39 is 0 Å². The first-order valence-electron chi connectivity index (χ1n) is 5.90. The molecule has 0 aliphatic carbocycles. The molecular formula is C13H17N3O. The zero-order chi connectivity index (χ0) is 12.1. The molecule has 1 aromatic carbocycles. The molecule has 1 saturated heterocycles. The Morgan fingerprint density at radius 3 is 3.18 bits per heavy atom. The average molecular weight is 231 g/mol. The number of ether oxygens (including phenoxy) is 1. The van der Waals surface area contributed by atoms with Crippen molar-refractivity contribution in [3.8, 4) is 6.07 Å². The summed E-state index contributed by atoms with van der Waals surface area (Å²) in [7, 11) is 0. The molecule has 4 nitrogen and oxygen atoms in total. The van der Waals surface area contributed by atoms with Crippen LogP contribution in [0.15, 0.2) is 24.3 Å². The minimum Gasteiger partial charge on any atom is -0.377 e. The van der Waals surface area contributed by atoms with Crippen LogP contribution in [0.1, 0.15) is 12.0 Å². The minimum atomic E-state index is 0.322. The van der Waals surface area contributed by atoms with Crippen molar-refractivity contribution in [3.63, 3.8) is 0 Å². The molecule has 1 aliphatic heterocycles. The molecule has 0 saturated carbocycles. The minimum absolute atomic E-state index is 0.322. The van der Waals surface area contributed by atoms with Crippen molar-refractivity contribution in [2.75, 3.05) is 31.2 Å². The van der Waals surface area contributed by atoms with Crippen LogP contribution in [-0.2, 0) is 4.74 Å². The topological polar surface area (TPSA) is 62.3 Å². The van der Waals surface area contributed by atoms with Gasteiger partial charge in [-0.15, -0.1) is 0 Å². The fourth-order valence-corrected chi connectivity index (χ4v) is 2.18. The van der Waals surface area contributed by atoms with Gasteiger partial charge in [-0.3, -0.25) is 0 Å². The Hall–Kier alpha value is -1.57. The molecule has 4 heteroatoms. The van der Waals surface area contributed by atoms with Crippen LogP contribution in [0.3, 0.4) is 0 Å². The lowest BCUT2D eigenvalue weighted by atomic mass is 10.1. The summed E-state index contributed by atoms with van der Waals surface area (Å²) in [6, 6.07) is 10.2. The van der Waals surface area contributed by atoms with Crippen LogP contribution < -0.4 is 10.6 Å². The Kier molecular flexibility index (Phi) is 3.97. The molecule has 0 amide bonds. The molecule has 17 heavy (non-hydrogen) atoms. The van der Waals surface area contributed by atoms with Gasteiger partial charge in [0, 0.05) is 12.2 Å². The summed E-state index contributed by atoms with van der Waals surface area (Å²) in [5, 5.41) is 8.92. The van der Waals surface area contributed by atoms with Gasteiger partial charge in [0.15, 0.2) is 0 Å². The maximum atomic E-state index is 8.92. The molecule has 1 aromatic rings. The van der Waals surface area contributed by atoms with Gasteiger partial charge in [-0.1, -0.05) is 6.07 Å². The van der Waals surface area contributed by atoms with E-state index in [2.05, 4.69) is 11.0 Å². The predicted octanol–water partition coefficient (Wildman–Crippen LogP) is 1.11. The largest absolute Gasteiger partial charge is 0.377 e. The molecule has 2 N–H and O–H groups in total. The molecule has 1 atom stereocenters. The van der Waals surface area contributed by atoms with Gasteiger partial charge in [0.25, 0.3) is 0 Å². The number of rotatable bonds is 3. The maximum absolute atomic E-state index is 8.92. The molecule has 0 bridgehead atoms. The summed E-state index contributed by atoms with van der Waals surface area (Å²) in [6.07, 6.45) is 0.913. The molecular weight excluding hydrogens is 214 g/mol. The van der Waals surface area contributed by atoms with Gasteiger partial charge in [-0.2, -0.15) is 5.26 Å². The van der Waals surface area contributed by atoms with Crippen molar-refractivity contribution in [2.45, 2.75) is 12.5 Å². The normalized spacial score (nSPS) is 20.0. The van der Waals surface area contributed by atoms with Gasteiger partial charge in [0.2, 0.25) is 0 Å². The van der Waals surface area contributed by atoms with Gasteiger partial charge in [0.1, 0.15) is 0 Å². The van der Waals surface area contributed by atoms with Gasteiger partial charge in [-0.25, -0.2) is 0 Å². The standard InChI is InChI=1S/C13H17N3O/c14-5-4-13-10-17-7-6-16(13)12-3-1-2-11(8-12)9-15/h1-3,8,13H,4-7,10,14H2. The third kappa shape index (κ3) is 2.76. The van der Waals surface area contributed by atoms with Crippen LogP contribution in [0.2, 0.25) is 0 Å². The fraction of sp³-hybridized carbons (Fsp3) is 0.462. The second-order valence-electron chi connectivity index (χ2n) is 4.16. The van der Waals surface area contributed by atoms with Crippen molar-refractivity contribution >= 4 is 5.69 Å². The highest BCUT2D eigenvalue weighted by molar-refractivity contribution is 5.52. The molecule has 90 valence electrons. The number of benzene rings is 1. The van der Waals surface area contributed by atoms with E-state index in [1.165, 1.54) is 0 Å². The molecule has 0 aromatic heterocycles. The van der Waals surface area contributed by atoms with Crippen molar-refractivity contribution < 1.29 is 4.74 Å². The second kappa shape index (κ2) is 5.67. The summed E-state index contributed by atoms with van der Waals surface area (Å²) < 4.78 is 5.48. The number of hydrogen-bond donors (Lipinski definition) is 1. The van der Waals surface area contributed by atoms with Crippen LogP contribution >= 0.6 is 0 Å². The van der Waals surface area contributed by atoms with Crippen LogP contribution in [0.5, 0.6) is 0 Å². The molecule has 1 unspecified atom stereocenters. The number of nitriles is 1. The zero-order valence-corrected chi connectivity index (χ0v) is 9.80. The molecule has 2 rings (SSSR count). The summed E-state index contributed by atoms with van der Waals surface area (Å²) in [6.45, 7) is 2.97. The first kappa shape index (κ1) is 11.9. The molecule has 1 aliphatic rings. The van der Waals surface area contributed by atoms with Gasteiger partial charge in [-0.05, 0) is 31.2 Å². The van der Waals surface area contributed by atoms with Crippen molar-refractivity contribution in [3.05, 3.63) is 29.8 Å². The van der Waals surface area contributed by atoms with Crippen LogP contribution in [0.4, 0.5) is 5.69 Å². The number of nitrogens with zero attached hydrogens (tertiary/aromatic N) is 2. The first-order chi connectivity index (χ1) is 8.35. The summed E-state index contributed by atoms with van der Waals surface area (Å²) in [5.41, 5.74) is 7.40. The highest BCUT2D eigenvalue weighted by atomic mass is 16.5. The number of anilines is 1. The molecule has 0 radical (unpaired) electrons. The number of morpholine rings is 1.